The summed E-state index contributed by atoms with van der Waals surface area (Å²) in [6.07, 6.45) is 16.3. The van der Waals surface area contributed by atoms with E-state index in [4.69, 9.17) is 9.47 Å². The Morgan fingerprint density at radius 1 is 0.963 bits per heavy atom. The van der Waals surface area contributed by atoms with Gasteiger partial charge >= 0.3 is 0 Å². The molecule has 5 heteroatoms. The summed E-state index contributed by atoms with van der Waals surface area (Å²) in [7, 11) is 0. The van der Waals surface area contributed by atoms with Crippen LogP contribution >= 0.6 is 0 Å². The third-order valence-corrected chi connectivity index (χ3v) is 4.81. The Labute approximate surface area is 163 Å². The highest BCUT2D eigenvalue weighted by Gasteiger charge is 2.12. The van der Waals surface area contributed by atoms with E-state index in [9.17, 15) is 4.79 Å². The van der Waals surface area contributed by atoms with Crippen LogP contribution in [0.25, 0.3) is 0 Å². The van der Waals surface area contributed by atoms with Crippen molar-refractivity contribution in [2.24, 2.45) is 5.10 Å². The lowest BCUT2D eigenvalue weighted by atomic mass is 10.1. The quantitative estimate of drug-likeness (QED) is 0.263. The van der Waals surface area contributed by atoms with Gasteiger partial charge in [0.05, 0.1) is 6.21 Å². The first kappa shape index (κ1) is 21.3. The van der Waals surface area contributed by atoms with E-state index < -0.39 is 0 Å². The van der Waals surface area contributed by atoms with Crippen molar-refractivity contribution in [2.75, 3.05) is 6.79 Å². The summed E-state index contributed by atoms with van der Waals surface area (Å²) in [6, 6.07) is 5.57. The van der Waals surface area contributed by atoms with Gasteiger partial charge in [0.25, 0.3) is 0 Å². The molecule has 0 atom stereocenters. The largest absolute Gasteiger partial charge is 0.454 e. The number of carbonyl (C=O) groups excluding carboxylic acids is 1. The van der Waals surface area contributed by atoms with Gasteiger partial charge in [-0.3, -0.25) is 4.79 Å². The van der Waals surface area contributed by atoms with Crippen LogP contribution in [0.1, 0.15) is 89.5 Å². The van der Waals surface area contributed by atoms with Gasteiger partial charge in [0.15, 0.2) is 11.5 Å². The molecule has 5 nitrogen and oxygen atoms in total. The Morgan fingerprint density at radius 2 is 1.59 bits per heavy atom. The van der Waals surface area contributed by atoms with Crippen molar-refractivity contribution in [3.8, 4) is 11.5 Å². The van der Waals surface area contributed by atoms with Crippen LogP contribution in [0.2, 0.25) is 0 Å². The first-order chi connectivity index (χ1) is 13.3. The fourth-order valence-corrected chi connectivity index (χ4v) is 3.18. The molecule has 0 fully saturated rings. The highest BCUT2D eigenvalue weighted by Crippen LogP contribution is 2.31. The summed E-state index contributed by atoms with van der Waals surface area (Å²) in [6.45, 7) is 2.51. The number of nitrogens with zero attached hydrogens (tertiary/aromatic N) is 1. The zero-order valence-electron chi connectivity index (χ0n) is 16.7. The summed E-state index contributed by atoms with van der Waals surface area (Å²) in [5, 5.41) is 4.02. The number of hydrazone groups is 1. The second-order valence-electron chi connectivity index (χ2n) is 7.19. The van der Waals surface area contributed by atoms with Crippen LogP contribution in [0.4, 0.5) is 0 Å². The molecule has 0 radical (unpaired) electrons. The summed E-state index contributed by atoms with van der Waals surface area (Å²) in [5.74, 6) is 1.43. The summed E-state index contributed by atoms with van der Waals surface area (Å²) in [4.78, 5) is 11.8. The van der Waals surface area contributed by atoms with E-state index in [-0.39, 0.29) is 12.7 Å². The smallest absolute Gasteiger partial charge is 0.240 e. The highest BCUT2D eigenvalue weighted by molar-refractivity contribution is 5.83. The van der Waals surface area contributed by atoms with Crippen LogP contribution in [0.15, 0.2) is 23.3 Å². The van der Waals surface area contributed by atoms with Crippen LogP contribution in [0.3, 0.4) is 0 Å². The topological polar surface area (TPSA) is 59.9 Å². The fourth-order valence-electron chi connectivity index (χ4n) is 3.18. The van der Waals surface area contributed by atoms with Gasteiger partial charge < -0.3 is 9.47 Å². The minimum absolute atomic E-state index is 0.0251. The first-order valence-electron chi connectivity index (χ1n) is 10.5. The van der Waals surface area contributed by atoms with Crippen molar-refractivity contribution < 1.29 is 14.3 Å². The van der Waals surface area contributed by atoms with E-state index in [1.54, 1.807) is 6.21 Å². The average molecular weight is 375 g/mol. The number of ether oxygens (including phenoxy) is 2. The van der Waals surface area contributed by atoms with Gasteiger partial charge in [-0.2, -0.15) is 5.10 Å². The molecular weight excluding hydrogens is 340 g/mol. The minimum atomic E-state index is -0.0251. The van der Waals surface area contributed by atoms with Crippen LogP contribution in [0, 0.1) is 0 Å². The van der Waals surface area contributed by atoms with Gasteiger partial charge in [0.2, 0.25) is 12.7 Å². The molecule has 0 aliphatic carbocycles. The molecule has 1 amide bonds. The van der Waals surface area contributed by atoms with E-state index in [0.29, 0.717) is 12.2 Å². The zero-order chi connectivity index (χ0) is 19.2. The molecule has 0 aromatic heterocycles. The Bertz CT molecular complexity index is 587. The van der Waals surface area contributed by atoms with Gasteiger partial charge in [-0.05, 0) is 30.2 Å². The number of rotatable bonds is 14. The third kappa shape index (κ3) is 8.94. The van der Waals surface area contributed by atoms with Gasteiger partial charge in [-0.1, -0.05) is 71.1 Å². The molecule has 0 spiro atoms. The SMILES string of the molecule is CCCCCCCCCCCCCC(=O)N/N=C\c1ccc2c(c1)OCO2. The molecule has 27 heavy (non-hydrogen) atoms. The van der Waals surface area contributed by atoms with Gasteiger partial charge in [0, 0.05) is 6.42 Å². The van der Waals surface area contributed by atoms with Crippen molar-refractivity contribution >= 4 is 12.1 Å². The van der Waals surface area contributed by atoms with Crippen LogP contribution in [-0.2, 0) is 4.79 Å². The van der Waals surface area contributed by atoms with Crippen molar-refractivity contribution in [1.82, 2.24) is 5.43 Å². The molecular formula is C22H34N2O3. The normalized spacial score (nSPS) is 12.6. The summed E-state index contributed by atoms with van der Waals surface area (Å²) in [5.41, 5.74) is 3.46. The van der Waals surface area contributed by atoms with Crippen molar-refractivity contribution in [1.29, 1.82) is 0 Å². The lowest BCUT2D eigenvalue weighted by Crippen LogP contribution is -2.16. The summed E-state index contributed by atoms with van der Waals surface area (Å²) >= 11 is 0. The Morgan fingerprint density at radius 3 is 2.30 bits per heavy atom. The average Bonchev–Trinajstić information content (AvgIpc) is 3.14. The molecule has 1 aromatic rings. The molecule has 1 aliphatic heterocycles. The second kappa shape index (κ2) is 13.2. The maximum atomic E-state index is 11.8. The molecule has 1 aromatic carbocycles. The molecule has 0 saturated heterocycles. The first-order valence-corrected chi connectivity index (χ1v) is 10.5. The highest BCUT2D eigenvalue weighted by atomic mass is 16.7. The molecule has 1 aliphatic rings. The molecule has 0 saturated carbocycles. The predicted molar refractivity (Wildman–Crippen MR) is 109 cm³/mol. The third-order valence-electron chi connectivity index (χ3n) is 4.81. The molecule has 0 bridgehead atoms. The van der Waals surface area contributed by atoms with Crippen LogP contribution in [0.5, 0.6) is 11.5 Å². The van der Waals surface area contributed by atoms with Gasteiger partial charge in [-0.25, -0.2) is 5.43 Å². The molecule has 150 valence electrons. The lowest BCUT2D eigenvalue weighted by molar-refractivity contribution is -0.121. The second-order valence-corrected chi connectivity index (χ2v) is 7.19. The van der Waals surface area contributed by atoms with Crippen molar-refractivity contribution in [2.45, 2.75) is 84.0 Å². The van der Waals surface area contributed by atoms with E-state index >= 15 is 0 Å². The standard InChI is InChI=1S/C22H34N2O3/c1-2-3-4-5-6-7-8-9-10-11-12-13-22(25)24-23-17-19-14-15-20-21(16-19)27-18-26-20/h14-17H,2-13,18H2,1H3,(H,24,25)/b23-17-. The minimum Gasteiger partial charge on any atom is -0.454 e. The van der Waals surface area contributed by atoms with E-state index in [1.807, 2.05) is 18.2 Å². The van der Waals surface area contributed by atoms with Gasteiger partial charge in [-0.15, -0.1) is 0 Å². The molecule has 2 rings (SSSR count). The zero-order valence-corrected chi connectivity index (χ0v) is 16.7. The number of benzene rings is 1. The Hall–Kier alpha value is -2.04. The van der Waals surface area contributed by atoms with Gasteiger partial charge in [0.1, 0.15) is 0 Å². The maximum absolute atomic E-state index is 11.8. The molecule has 1 N–H and O–H groups in total. The number of hydrogen-bond donors (Lipinski definition) is 1. The molecule has 1 heterocycles. The van der Waals surface area contributed by atoms with Crippen LogP contribution in [-0.4, -0.2) is 18.9 Å². The molecule has 0 unspecified atom stereocenters. The number of amides is 1. The number of unbranched alkanes of at least 4 members (excludes halogenated alkanes) is 10. The summed E-state index contributed by atoms with van der Waals surface area (Å²) < 4.78 is 10.6. The Balaban J connectivity index is 1.44. The number of fused-ring (bicyclic) bond motifs is 1. The van der Waals surface area contributed by atoms with E-state index in [0.717, 1.165) is 24.2 Å². The lowest BCUT2D eigenvalue weighted by Gasteiger charge is -2.03. The van der Waals surface area contributed by atoms with Crippen LogP contribution < -0.4 is 14.9 Å². The number of hydrogen-bond acceptors (Lipinski definition) is 4. The van der Waals surface area contributed by atoms with E-state index in [2.05, 4.69) is 17.5 Å². The fraction of sp³-hybridized carbons (Fsp3) is 0.636. The van der Waals surface area contributed by atoms with Crippen molar-refractivity contribution in [3.63, 3.8) is 0 Å². The van der Waals surface area contributed by atoms with Crippen molar-refractivity contribution in [3.05, 3.63) is 23.8 Å². The van der Waals surface area contributed by atoms with E-state index in [1.165, 1.54) is 57.8 Å². The number of nitrogens with one attached hydrogen (secondary N) is 1. The maximum Gasteiger partial charge on any atom is 0.240 e. The Kier molecular flexibility index (Phi) is 10.4. The number of carbonyl (C=O) groups is 1. The predicted octanol–water partition coefficient (Wildman–Crippen LogP) is 5.57. The monoisotopic (exact) mass is 374 g/mol.